The van der Waals surface area contributed by atoms with Crippen molar-refractivity contribution in [3.63, 3.8) is 0 Å². The number of nitro benzene ring substituents is 2. The van der Waals surface area contributed by atoms with E-state index in [4.69, 9.17) is 0 Å². The van der Waals surface area contributed by atoms with Gasteiger partial charge in [0, 0.05) is 12.1 Å². The predicted octanol–water partition coefficient (Wildman–Crippen LogP) is 3.55. The average molecular weight is 267 g/mol. The summed E-state index contributed by atoms with van der Waals surface area (Å²) in [5.74, 6) is 0. The van der Waals surface area contributed by atoms with E-state index in [0.29, 0.717) is 6.42 Å². The van der Waals surface area contributed by atoms with Crippen LogP contribution >= 0.6 is 0 Å². The zero-order valence-corrected chi connectivity index (χ0v) is 10.6. The van der Waals surface area contributed by atoms with Gasteiger partial charge in [-0.1, -0.05) is 26.2 Å². The molecule has 0 spiro atoms. The summed E-state index contributed by atoms with van der Waals surface area (Å²) < 4.78 is 0. The summed E-state index contributed by atoms with van der Waals surface area (Å²) in [6.45, 7) is 2.01. The van der Waals surface area contributed by atoms with E-state index in [-0.39, 0.29) is 5.56 Å². The van der Waals surface area contributed by atoms with Crippen LogP contribution in [0.1, 0.15) is 44.3 Å². The molecule has 1 radical (unpaired) electrons. The second kappa shape index (κ2) is 6.79. The highest BCUT2D eigenvalue weighted by Gasteiger charge is 2.25. The molecule has 0 aromatic heterocycles. The van der Waals surface area contributed by atoms with Gasteiger partial charge in [-0.05, 0) is 18.1 Å². The van der Waals surface area contributed by atoms with Gasteiger partial charge in [-0.15, -0.1) is 0 Å². The van der Waals surface area contributed by atoms with Crippen molar-refractivity contribution in [3.8, 4) is 0 Å². The van der Waals surface area contributed by atoms with E-state index in [1.165, 1.54) is 6.07 Å². The number of nitro groups is 2. The summed E-state index contributed by atoms with van der Waals surface area (Å²) in [6.07, 6.45) is 1.95. The molecule has 0 saturated heterocycles. The summed E-state index contributed by atoms with van der Waals surface area (Å²) in [7, 11) is 0. The third-order valence-corrected chi connectivity index (χ3v) is 2.83. The van der Waals surface area contributed by atoms with Gasteiger partial charge in [0.2, 0.25) is 0 Å². The summed E-state index contributed by atoms with van der Waals surface area (Å²) >= 11 is 0. The van der Waals surface area contributed by atoms with Crippen LogP contribution in [0.3, 0.4) is 0 Å². The quantitative estimate of drug-likeness (QED) is 0.427. The molecule has 1 unspecified atom stereocenters. The van der Waals surface area contributed by atoms with E-state index in [9.17, 15) is 25.3 Å². The standard InChI is InChI=1S/C12H15N2O5/c1-2-3-4-5-12(15)9-6-7-10(13(16)17)11(8-9)14(18)19/h6-8,12H,2-5H2,1H3. The molecule has 1 rings (SSSR count). The number of hydrogen-bond acceptors (Lipinski definition) is 4. The fourth-order valence-corrected chi connectivity index (χ4v) is 1.79. The van der Waals surface area contributed by atoms with Crippen molar-refractivity contribution in [1.29, 1.82) is 0 Å². The van der Waals surface area contributed by atoms with Crippen molar-refractivity contribution in [2.24, 2.45) is 0 Å². The highest BCUT2D eigenvalue weighted by Crippen LogP contribution is 2.31. The van der Waals surface area contributed by atoms with E-state index >= 15 is 0 Å². The SMILES string of the molecule is CCCCCC([O])c1ccc([N+](=O)[O-])c([N+](=O)[O-])c1. The smallest absolute Gasteiger partial charge is 0.258 e. The first-order valence-corrected chi connectivity index (χ1v) is 6.06. The molecule has 103 valence electrons. The lowest BCUT2D eigenvalue weighted by Gasteiger charge is -2.08. The van der Waals surface area contributed by atoms with Crippen LogP contribution in [0.5, 0.6) is 0 Å². The van der Waals surface area contributed by atoms with E-state index in [0.717, 1.165) is 31.4 Å². The highest BCUT2D eigenvalue weighted by atomic mass is 16.6. The Morgan fingerprint density at radius 1 is 1.11 bits per heavy atom. The van der Waals surface area contributed by atoms with Crippen molar-refractivity contribution in [2.75, 3.05) is 0 Å². The molecule has 1 atom stereocenters. The van der Waals surface area contributed by atoms with Crippen LogP contribution in [0.2, 0.25) is 0 Å². The summed E-state index contributed by atoms with van der Waals surface area (Å²) in [4.78, 5) is 19.7. The largest absolute Gasteiger partial charge is 0.346 e. The van der Waals surface area contributed by atoms with Crippen LogP contribution in [0.15, 0.2) is 18.2 Å². The van der Waals surface area contributed by atoms with Crippen LogP contribution < -0.4 is 0 Å². The minimum Gasteiger partial charge on any atom is -0.258 e. The van der Waals surface area contributed by atoms with Gasteiger partial charge in [0.15, 0.2) is 0 Å². The predicted molar refractivity (Wildman–Crippen MR) is 67.3 cm³/mol. The maximum Gasteiger partial charge on any atom is 0.346 e. The first-order chi connectivity index (χ1) is 8.97. The molecule has 0 aliphatic rings. The summed E-state index contributed by atoms with van der Waals surface area (Å²) in [5, 5.41) is 33.3. The number of rotatable bonds is 7. The summed E-state index contributed by atoms with van der Waals surface area (Å²) in [6, 6.07) is 3.34. The van der Waals surface area contributed by atoms with Crippen LogP contribution in [-0.4, -0.2) is 9.85 Å². The molecule has 7 heteroatoms. The Bertz CT molecular complexity index is 475. The van der Waals surface area contributed by atoms with Crippen molar-refractivity contribution in [1.82, 2.24) is 0 Å². The molecule has 0 amide bonds. The van der Waals surface area contributed by atoms with E-state index < -0.39 is 27.3 Å². The molecule has 0 N–H and O–H groups in total. The molecule has 1 aromatic rings. The minimum atomic E-state index is -1.08. The van der Waals surface area contributed by atoms with Crippen LogP contribution in [0.4, 0.5) is 11.4 Å². The number of benzene rings is 1. The zero-order chi connectivity index (χ0) is 14.4. The lowest BCUT2D eigenvalue weighted by atomic mass is 10.0. The van der Waals surface area contributed by atoms with E-state index in [1.54, 1.807) is 0 Å². The fourth-order valence-electron chi connectivity index (χ4n) is 1.79. The van der Waals surface area contributed by atoms with Gasteiger partial charge in [-0.2, -0.15) is 0 Å². The molecule has 0 bridgehead atoms. The molecule has 1 aromatic carbocycles. The Morgan fingerprint density at radius 3 is 2.26 bits per heavy atom. The van der Waals surface area contributed by atoms with Crippen molar-refractivity contribution < 1.29 is 15.0 Å². The number of unbranched alkanes of at least 4 members (excludes halogenated alkanes) is 2. The molecular formula is C12H15N2O5. The third kappa shape index (κ3) is 3.99. The van der Waals surface area contributed by atoms with Crippen molar-refractivity contribution in [2.45, 2.75) is 38.7 Å². The molecule has 0 heterocycles. The highest BCUT2D eigenvalue weighted by molar-refractivity contribution is 5.54. The van der Waals surface area contributed by atoms with Crippen molar-refractivity contribution in [3.05, 3.63) is 44.0 Å². The molecular weight excluding hydrogens is 252 g/mol. The third-order valence-electron chi connectivity index (χ3n) is 2.83. The van der Waals surface area contributed by atoms with Gasteiger partial charge < -0.3 is 0 Å². The van der Waals surface area contributed by atoms with Gasteiger partial charge in [-0.25, -0.2) is 5.11 Å². The second-order valence-corrected chi connectivity index (χ2v) is 4.25. The second-order valence-electron chi connectivity index (χ2n) is 4.25. The van der Waals surface area contributed by atoms with Crippen LogP contribution in [0, 0.1) is 20.2 Å². The topological polar surface area (TPSA) is 106 Å². The maximum atomic E-state index is 11.9. The maximum absolute atomic E-state index is 11.9. The van der Waals surface area contributed by atoms with E-state index in [2.05, 4.69) is 0 Å². The monoisotopic (exact) mass is 267 g/mol. The molecule has 0 fully saturated rings. The Kier molecular flexibility index (Phi) is 5.37. The molecule has 0 saturated carbocycles. The molecule has 0 aliphatic carbocycles. The van der Waals surface area contributed by atoms with Gasteiger partial charge >= 0.3 is 11.4 Å². The van der Waals surface area contributed by atoms with Crippen LogP contribution in [0.25, 0.3) is 0 Å². The van der Waals surface area contributed by atoms with E-state index in [1.807, 2.05) is 6.92 Å². The van der Waals surface area contributed by atoms with Gasteiger partial charge in [-0.3, -0.25) is 20.2 Å². The Morgan fingerprint density at radius 2 is 1.74 bits per heavy atom. The van der Waals surface area contributed by atoms with Crippen LogP contribution in [-0.2, 0) is 5.11 Å². The number of hydrogen-bond donors (Lipinski definition) is 0. The van der Waals surface area contributed by atoms with Gasteiger partial charge in [0.1, 0.15) is 6.10 Å². The van der Waals surface area contributed by atoms with Gasteiger partial charge in [0.25, 0.3) is 0 Å². The first-order valence-electron chi connectivity index (χ1n) is 6.06. The Balaban J connectivity index is 2.95. The first kappa shape index (κ1) is 15.0. The van der Waals surface area contributed by atoms with Crippen molar-refractivity contribution >= 4 is 11.4 Å². The zero-order valence-electron chi connectivity index (χ0n) is 10.6. The lowest BCUT2D eigenvalue weighted by Crippen LogP contribution is -2.01. The average Bonchev–Trinajstić information content (AvgIpc) is 2.38. The van der Waals surface area contributed by atoms with Gasteiger partial charge in [0.05, 0.1) is 9.85 Å². The lowest BCUT2D eigenvalue weighted by molar-refractivity contribution is -0.422. The summed E-state index contributed by atoms with van der Waals surface area (Å²) in [5.41, 5.74) is -0.984. The fraction of sp³-hybridized carbons (Fsp3) is 0.500. The Labute approximate surface area is 110 Å². The minimum absolute atomic E-state index is 0.230. The normalized spacial score (nSPS) is 12.1. The molecule has 0 aliphatic heterocycles. The molecule has 19 heavy (non-hydrogen) atoms. The molecule has 7 nitrogen and oxygen atoms in total. The Hall–Kier alpha value is -2.02. The number of nitrogens with zero attached hydrogens (tertiary/aromatic N) is 2.